The first-order chi connectivity index (χ1) is 8.45. The largest absolute Gasteiger partial charge is 0.335 e. The second-order valence-electron chi connectivity index (χ2n) is 5.96. The zero-order valence-electron chi connectivity index (χ0n) is 11.9. The number of hydrogen-bond donors (Lipinski definition) is 2. The van der Waals surface area contributed by atoms with E-state index in [9.17, 15) is 0 Å². The average molecular weight is 251 g/mol. The van der Waals surface area contributed by atoms with Crippen molar-refractivity contribution >= 4 is 5.95 Å². The van der Waals surface area contributed by atoms with Gasteiger partial charge in [-0.25, -0.2) is 0 Å². The fourth-order valence-electron chi connectivity index (χ4n) is 2.31. The number of rotatable bonds is 3. The minimum absolute atomic E-state index is 0.0480. The highest BCUT2D eigenvalue weighted by Crippen LogP contribution is 2.26. The van der Waals surface area contributed by atoms with Crippen molar-refractivity contribution in [2.45, 2.75) is 64.5 Å². The molecule has 5 heteroatoms. The maximum absolute atomic E-state index is 6.12. The van der Waals surface area contributed by atoms with E-state index >= 15 is 0 Å². The van der Waals surface area contributed by atoms with Gasteiger partial charge in [0.05, 0.1) is 0 Å². The zero-order valence-corrected chi connectivity index (χ0v) is 11.9. The lowest BCUT2D eigenvalue weighted by atomic mass is 9.90. The van der Waals surface area contributed by atoms with Gasteiger partial charge >= 0.3 is 0 Å². The number of piperidine rings is 1. The Morgan fingerprint density at radius 1 is 1.50 bits per heavy atom. The van der Waals surface area contributed by atoms with E-state index in [0.29, 0.717) is 6.04 Å². The minimum Gasteiger partial charge on any atom is -0.335 e. The van der Waals surface area contributed by atoms with E-state index in [1.807, 2.05) is 0 Å². The second kappa shape index (κ2) is 4.88. The van der Waals surface area contributed by atoms with Crippen molar-refractivity contribution in [3.8, 4) is 0 Å². The predicted molar refractivity (Wildman–Crippen MR) is 73.7 cm³/mol. The van der Waals surface area contributed by atoms with Gasteiger partial charge in [-0.1, -0.05) is 20.8 Å². The molecule has 0 bridgehead atoms. The standard InChI is InChI=1S/C13H25N5/c1-5-13(3,4)11-15-12(17-16-11)18-8-6-7-10(14)9(18)2/h9-10H,5-8,14H2,1-4H3,(H,15,16,17). The molecule has 1 fully saturated rings. The Morgan fingerprint density at radius 3 is 2.89 bits per heavy atom. The van der Waals surface area contributed by atoms with Crippen LogP contribution in [-0.2, 0) is 5.41 Å². The molecule has 5 nitrogen and oxygen atoms in total. The predicted octanol–water partition coefficient (Wildman–Crippen LogP) is 1.81. The molecule has 2 unspecified atom stereocenters. The third-order valence-corrected chi connectivity index (χ3v) is 4.30. The molecule has 1 aliphatic heterocycles. The first-order valence-corrected chi connectivity index (χ1v) is 6.91. The summed E-state index contributed by atoms with van der Waals surface area (Å²) >= 11 is 0. The quantitative estimate of drug-likeness (QED) is 0.859. The number of nitrogens with two attached hydrogens (primary N) is 1. The first-order valence-electron chi connectivity index (χ1n) is 6.91. The Balaban J connectivity index is 2.19. The normalized spacial score (nSPS) is 25.5. The zero-order chi connectivity index (χ0) is 13.3. The molecule has 1 aliphatic rings. The van der Waals surface area contributed by atoms with Crippen molar-refractivity contribution < 1.29 is 0 Å². The third kappa shape index (κ3) is 2.36. The molecule has 102 valence electrons. The van der Waals surface area contributed by atoms with Crippen LogP contribution in [0.4, 0.5) is 5.95 Å². The van der Waals surface area contributed by atoms with Gasteiger partial charge in [-0.2, -0.15) is 4.98 Å². The lowest BCUT2D eigenvalue weighted by molar-refractivity contribution is 0.415. The Morgan fingerprint density at radius 2 is 2.22 bits per heavy atom. The van der Waals surface area contributed by atoms with Crippen LogP contribution < -0.4 is 10.6 Å². The molecule has 0 spiro atoms. The first kappa shape index (κ1) is 13.3. The molecule has 2 rings (SSSR count). The molecule has 2 heterocycles. The number of anilines is 1. The Hall–Kier alpha value is -1.10. The van der Waals surface area contributed by atoms with Gasteiger partial charge in [0.2, 0.25) is 5.95 Å². The van der Waals surface area contributed by atoms with Crippen LogP contribution in [0.15, 0.2) is 0 Å². The molecule has 1 saturated heterocycles. The summed E-state index contributed by atoms with van der Waals surface area (Å²) in [5.74, 6) is 1.76. The molecule has 0 saturated carbocycles. The van der Waals surface area contributed by atoms with Gasteiger partial charge in [-0.3, -0.25) is 5.10 Å². The van der Waals surface area contributed by atoms with E-state index < -0.39 is 0 Å². The number of nitrogens with one attached hydrogen (secondary N) is 1. The summed E-state index contributed by atoms with van der Waals surface area (Å²) < 4.78 is 0. The van der Waals surface area contributed by atoms with E-state index in [0.717, 1.165) is 37.6 Å². The summed E-state index contributed by atoms with van der Waals surface area (Å²) in [4.78, 5) is 6.89. The van der Waals surface area contributed by atoms with Crippen molar-refractivity contribution in [3.63, 3.8) is 0 Å². The highest BCUT2D eigenvalue weighted by molar-refractivity contribution is 5.33. The lowest BCUT2D eigenvalue weighted by Crippen LogP contribution is -2.51. The van der Waals surface area contributed by atoms with Crippen molar-refractivity contribution in [2.75, 3.05) is 11.4 Å². The molecule has 2 atom stereocenters. The Bertz CT molecular complexity index is 398. The molecular formula is C13H25N5. The van der Waals surface area contributed by atoms with Crippen LogP contribution in [0.3, 0.4) is 0 Å². The van der Waals surface area contributed by atoms with Gasteiger partial charge in [0.1, 0.15) is 5.82 Å². The van der Waals surface area contributed by atoms with Crippen molar-refractivity contribution in [2.24, 2.45) is 5.73 Å². The molecule has 0 radical (unpaired) electrons. The van der Waals surface area contributed by atoms with E-state index in [1.165, 1.54) is 0 Å². The fourth-order valence-corrected chi connectivity index (χ4v) is 2.31. The van der Waals surface area contributed by atoms with Crippen LogP contribution in [0, 0.1) is 0 Å². The highest BCUT2D eigenvalue weighted by atomic mass is 15.4. The van der Waals surface area contributed by atoms with Crippen molar-refractivity contribution in [1.29, 1.82) is 0 Å². The number of aromatic nitrogens is 3. The summed E-state index contributed by atoms with van der Waals surface area (Å²) in [5, 5.41) is 7.46. The smallest absolute Gasteiger partial charge is 0.245 e. The van der Waals surface area contributed by atoms with Gasteiger partial charge < -0.3 is 10.6 Å². The monoisotopic (exact) mass is 251 g/mol. The lowest BCUT2D eigenvalue weighted by Gasteiger charge is -2.36. The minimum atomic E-state index is 0.0480. The summed E-state index contributed by atoms with van der Waals surface area (Å²) in [7, 11) is 0. The van der Waals surface area contributed by atoms with E-state index in [1.54, 1.807) is 0 Å². The van der Waals surface area contributed by atoms with E-state index in [-0.39, 0.29) is 11.5 Å². The highest BCUT2D eigenvalue weighted by Gasteiger charge is 2.29. The van der Waals surface area contributed by atoms with Crippen LogP contribution in [-0.4, -0.2) is 33.8 Å². The molecule has 3 N–H and O–H groups in total. The molecule has 0 aromatic carbocycles. The summed E-state index contributed by atoms with van der Waals surface area (Å²) in [6, 6.07) is 0.534. The molecular weight excluding hydrogens is 226 g/mol. The van der Waals surface area contributed by atoms with Crippen LogP contribution in [0.2, 0.25) is 0 Å². The summed E-state index contributed by atoms with van der Waals surface area (Å²) in [6.07, 6.45) is 3.25. The van der Waals surface area contributed by atoms with Gasteiger partial charge in [0, 0.05) is 24.0 Å². The number of hydrogen-bond acceptors (Lipinski definition) is 4. The van der Waals surface area contributed by atoms with Crippen molar-refractivity contribution in [3.05, 3.63) is 5.82 Å². The topological polar surface area (TPSA) is 70.8 Å². The van der Waals surface area contributed by atoms with Gasteiger partial charge in [-0.05, 0) is 26.2 Å². The summed E-state index contributed by atoms with van der Waals surface area (Å²) in [6.45, 7) is 9.69. The number of H-pyrrole nitrogens is 1. The Kier molecular flexibility index (Phi) is 3.61. The number of aromatic amines is 1. The van der Waals surface area contributed by atoms with Gasteiger partial charge in [-0.15, -0.1) is 5.10 Å². The maximum Gasteiger partial charge on any atom is 0.245 e. The SMILES string of the molecule is CCC(C)(C)c1nc(N2CCCC(N)C2C)n[nH]1. The summed E-state index contributed by atoms with van der Waals surface area (Å²) in [5.41, 5.74) is 6.17. The fraction of sp³-hybridized carbons (Fsp3) is 0.846. The van der Waals surface area contributed by atoms with Crippen LogP contribution in [0.25, 0.3) is 0 Å². The third-order valence-electron chi connectivity index (χ3n) is 4.30. The molecule has 0 aliphatic carbocycles. The molecule has 18 heavy (non-hydrogen) atoms. The molecule has 1 aromatic rings. The average Bonchev–Trinajstić information content (AvgIpc) is 2.82. The molecule has 0 amide bonds. The molecule has 1 aromatic heterocycles. The maximum atomic E-state index is 6.12. The Labute approximate surface area is 109 Å². The van der Waals surface area contributed by atoms with Gasteiger partial charge in [0.15, 0.2) is 0 Å². The van der Waals surface area contributed by atoms with Crippen LogP contribution >= 0.6 is 0 Å². The van der Waals surface area contributed by atoms with Crippen LogP contribution in [0.5, 0.6) is 0 Å². The van der Waals surface area contributed by atoms with E-state index in [2.05, 4.69) is 47.8 Å². The van der Waals surface area contributed by atoms with Crippen molar-refractivity contribution in [1.82, 2.24) is 15.2 Å². The number of nitrogens with zero attached hydrogens (tertiary/aromatic N) is 3. The van der Waals surface area contributed by atoms with E-state index in [4.69, 9.17) is 5.73 Å². The van der Waals surface area contributed by atoms with Gasteiger partial charge in [0.25, 0.3) is 0 Å². The second-order valence-corrected chi connectivity index (χ2v) is 5.96. The van der Waals surface area contributed by atoms with Crippen LogP contribution in [0.1, 0.15) is 52.8 Å².